The molecule has 0 spiro atoms. The number of ether oxygens (including phenoxy) is 1. The minimum atomic E-state index is -3.14. The van der Waals surface area contributed by atoms with Crippen LogP contribution in [0.4, 0.5) is 5.00 Å². The number of thiophene rings is 1. The number of fused-ring (bicyclic) bond motifs is 1. The Hall–Kier alpha value is -1.41. The number of hydrogen-bond donors (Lipinski definition) is 1. The second-order valence-corrected chi connectivity index (χ2v) is 8.86. The van der Waals surface area contributed by atoms with Gasteiger partial charge in [-0.15, -0.1) is 11.3 Å². The number of esters is 1. The van der Waals surface area contributed by atoms with E-state index >= 15 is 0 Å². The molecule has 0 fully saturated rings. The number of sulfone groups is 1. The summed E-state index contributed by atoms with van der Waals surface area (Å²) >= 11 is 1.16. The van der Waals surface area contributed by atoms with Crippen LogP contribution in [-0.2, 0) is 31.5 Å². The third-order valence-electron chi connectivity index (χ3n) is 3.88. The van der Waals surface area contributed by atoms with Crippen molar-refractivity contribution in [2.45, 2.75) is 39.4 Å². The van der Waals surface area contributed by atoms with Crippen molar-refractivity contribution in [1.82, 2.24) is 0 Å². The van der Waals surface area contributed by atoms with E-state index in [0.29, 0.717) is 27.4 Å². The number of hydrogen-bond acceptors (Lipinski definition) is 6. The van der Waals surface area contributed by atoms with Gasteiger partial charge in [0.1, 0.15) is 5.00 Å². The van der Waals surface area contributed by atoms with E-state index in [1.807, 2.05) is 6.92 Å². The van der Waals surface area contributed by atoms with Gasteiger partial charge in [0.15, 0.2) is 9.84 Å². The molecule has 2 rings (SSSR count). The maximum absolute atomic E-state index is 12.3. The van der Waals surface area contributed by atoms with Gasteiger partial charge in [-0.3, -0.25) is 4.79 Å². The van der Waals surface area contributed by atoms with Crippen molar-refractivity contribution in [3.8, 4) is 0 Å². The lowest BCUT2D eigenvalue weighted by Gasteiger charge is -2.13. The molecular formula is C15H21NO5S2. The summed E-state index contributed by atoms with van der Waals surface area (Å²) in [5.41, 5.74) is 1.01. The van der Waals surface area contributed by atoms with Crippen LogP contribution in [0.15, 0.2) is 0 Å². The molecule has 0 bridgehead atoms. The topological polar surface area (TPSA) is 89.5 Å². The molecule has 1 aromatic rings. The van der Waals surface area contributed by atoms with Crippen molar-refractivity contribution in [2.24, 2.45) is 5.92 Å². The van der Waals surface area contributed by atoms with Crippen LogP contribution in [0.5, 0.6) is 0 Å². The van der Waals surface area contributed by atoms with E-state index in [4.69, 9.17) is 4.74 Å². The Morgan fingerprint density at radius 3 is 2.65 bits per heavy atom. The first-order chi connectivity index (χ1) is 10.8. The molecule has 0 radical (unpaired) electrons. The molecule has 2 heterocycles. The molecule has 128 valence electrons. The Morgan fingerprint density at radius 2 is 2.04 bits per heavy atom. The number of amides is 1. The first-order valence-corrected chi connectivity index (χ1v) is 10.3. The van der Waals surface area contributed by atoms with Crippen molar-refractivity contribution in [3.63, 3.8) is 0 Å². The molecule has 0 aromatic carbocycles. The van der Waals surface area contributed by atoms with Crippen LogP contribution < -0.4 is 5.32 Å². The fourth-order valence-electron chi connectivity index (χ4n) is 2.35. The van der Waals surface area contributed by atoms with Gasteiger partial charge in [-0.25, -0.2) is 13.2 Å². The van der Waals surface area contributed by atoms with E-state index in [2.05, 4.69) is 5.32 Å². The van der Waals surface area contributed by atoms with Crippen molar-refractivity contribution in [3.05, 3.63) is 16.0 Å². The largest absolute Gasteiger partial charge is 0.462 e. The summed E-state index contributed by atoms with van der Waals surface area (Å²) in [5, 5.41) is 3.17. The summed E-state index contributed by atoms with van der Waals surface area (Å²) in [6.45, 7) is 5.64. The molecule has 1 aromatic heterocycles. The van der Waals surface area contributed by atoms with Gasteiger partial charge >= 0.3 is 5.97 Å². The predicted molar refractivity (Wildman–Crippen MR) is 89.6 cm³/mol. The number of anilines is 1. The summed E-state index contributed by atoms with van der Waals surface area (Å²) in [7, 11) is -3.14. The Labute approximate surface area is 140 Å². The molecule has 8 heteroatoms. The van der Waals surface area contributed by atoms with Gasteiger partial charge in [0.05, 0.1) is 23.7 Å². The molecule has 23 heavy (non-hydrogen) atoms. The van der Waals surface area contributed by atoms with Crippen molar-refractivity contribution in [1.29, 1.82) is 0 Å². The Kier molecular flexibility index (Phi) is 5.46. The summed E-state index contributed by atoms with van der Waals surface area (Å²) < 4.78 is 28.7. The molecule has 0 saturated heterocycles. The van der Waals surface area contributed by atoms with Crippen LogP contribution in [0.3, 0.4) is 0 Å². The van der Waals surface area contributed by atoms with E-state index in [9.17, 15) is 18.0 Å². The second-order valence-electron chi connectivity index (χ2n) is 5.57. The zero-order valence-electron chi connectivity index (χ0n) is 13.5. The Bertz CT molecular complexity index is 720. The SMILES string of the molecule is CCOC(=O)c1c(NC(=O)C(C)CC)sc2c1CCS(=O)(=O)C2. The van der Waals surface area contributed by atoms with Gasteiger partial charge in [0, 0.05) is 10.8 Å². The third kappa shape index (κ3) is 3.92. The highest BCUT2D eigenvalue weighted by Gasteiger charge is 2.32. The van der Waals surface area contributed by atoms with Crippen LogP contribution in [0.2, 0.25) is 0 Å². The van der Waals surface area contributed by atoms with Crippen LogP contribution in [0.1, 0.15) is 48.0 Å². The molecule has 1 aliphatic rings. The van der Waals surface area contributed by atoms with Gasteiger partial charge in [-0.1, -0.05) is 13.8 Å². The average molecular weight is 359 g/mol. The van der Waals surface area contributed by atoms with Crippen LogP contribution >= 0.6 is 11.3 Å². The maximum Gasteiger partial charge on any atom is 0.341 e. The van der Waals surface area contributed by atoms with Crippen LogP contribution in [0.25, 0.3) is 0 Å². The lowest BCUT2D eigenvalue weighted by atomic mass is 10.1. The molecule has 6 nitrogen and oxygen atoms in total. The summed E-state index contributed by atoms with van der Waals surface area (Å²) in [6, 6.07) is 0. The highest BCUT2D eigenvalue weighted by Crippen LogP contribution is 2.38. The zero-order valence-corrected chi connectivity index (χ0v) is 15.1. The Balaban J connectivity index is 2.42. The summed E-state index contributed by atoms with van der Waals surface area (Å²) in [4.78, 5) is 25.0. The molecule has 1 unspecified atom stereocenters. The predicted octanol–water partition coefficient (Wildman–Crippen LogP) is 2.38. The standard InChI is InChI=1S/C15H21NO5S2/c1-4-9(3)13(17)16-14-12(15(18)21-5-2)10-6-7-23(19,20)8-11(10)22-14/h9H,4-8H2,1-3H3,(H,16,17). The first-order valence-electron chi connectivity index (χ1n) is 7.62. The summed E-state index contributed by atoms with van der Waals surface area (Å²) in [6.07, 6.45) is 0.960. The normalized spacial score (nSPS) is 17.2. The van der Waals surface area contributed by atoms with E-state index in [0.717, 1.165) is 11.3 Å². The number of carbonyl (C=O) groups excluding carboxylic acids is 2. The third-order valence-corrected chi connectivity index (χ3v) is 6.77. The second kappa shape index (κ2) is 7.00. The first kappa shape index (κ1) is 17.9. The lowest BCUT2D eigenvalue weighted by molar-refractivity contribution is -0.119. The molecular weight excluding hydrogens is 338 g/mol. The van der Waals surface area contributed by atoms with Crippen molar-refractivity contribution < 1.29 is 22.7 Å². The highest BCUT2D eigenvalue weighted by atomic mass is 32.2. The lowest BCUT2D eigenvalue weighted by Crippen LogP contribution is -2.22. The van der Waals surface area contributed by atoms with Crippen LogP contribution in [-0.4, -0.2) is 32.7 Å². The van der Waals surface area contributed by atoms with Gasteiger partial charge in [-0.2, -0.15) is 0 Å². The fourth-order valence-corrected chi connectivity index (χ4v) is 5.39. The average Bonchev–Trinajstić information content (AvgIpc) is 2.82. The van der Waals surface area contributed by atoms with Crippen molar-refractivity contribution in [2.75, 3.05) is 17.7 Å². The van der Waals surface area contributed by atoms with E-state index in [-0.39, 0.29) is 36.4 Å². The molecule has 0 aliphatic carbocycles. The van der Waals surface area contributed by atoms with E-state index < -0.39 is 15.8 Å². The van der Waals surface area contributed by atoms with Crippen LogP contribution in [0, 0.1) is 5.92 Å². The monoisotopic (exact) mass is 359 g/mol. The van der Waals surface area contributed by atoms with Gasteiger partial charge < -0.3 is 10.1 Å². The maximum atomic E-state index is 12.3. The molecule has 1 N–H and O–H groups in total. The molecule has 1 amide bonds. The quantitative estimate of drug-likeness (QED) is 0.815. The number of nitrogens with one attached hydrogen (secondary N) is 1. The smallest absolute Gasteiger partial charge is 0.341 e. The zero-order chi connectivity index (χ0) is 17.2. The van der Waals surface area contributed by atoms with E-state index in [1.165, 1.54) is 0 Å². The fraction of sp³-hybridized carbons (Fsp3) is 0.600. The minimum Gasteiger partial charge on any atom is -0.462 e. The Morgan fingerprint density at radius 1 is 1.35 bits per heavy atom. The van der Waals surface area contributed by atoms with Crippen molar-refractivity contribution >= 4 is 38.1 Å². The number of rotatable bonds is 5. The molecule has 0 saturated carbocycles. The van der Waals surface area contributed by atoms with E-state index in [1.54, 1.807) is 13.8 Å². The molecule has 1 aliphatic heterocycles. The summed E-state index contributed by atoms with van der Waals surface area (Å²) in [5.74, 6) is -0.948. The van der Waals surface area contributed by atoms with Gasteiger partial charge in [-0.05, 0) is 25.3 Å². The van der Waals surface area contributed by atoms with Gasteiger partial charge in [0.2, 0.25) is 5.91 Å². The van der Waals surface area contributed by atoms with Gasteiger partial charge in [0.25, 0.3) is 0 Å². The highest BCUT2D eigenvalue weighted by molar-refractivity contribution is 7.90. The molecule has 1 atom stereocenters. The minimum absolute atomic E-state index is 0.0158. The number of carbonyl (C=O) groups is 2.